The number of aryl methyl sites for hydroxylation is 1. The van der Waals surface area contributed by atoms with Gasteiger partial charge in [-0.05, 0) is 13.8 Å². The standard InChI is InChI=1S/C13H19N3O6/c1-4-21-11(19)13(5-9(7-17)15(3)22-13)16-6-8(2)10(18)14-12(16)20/h6,9,17H,4-5,7H2,1-3H3,(H,14,18,20)/t9-,13+/m1/s1. The molecule has 0 saturated carbocycles. The Hall–Kier alpha value is -1.97. The van der Waals surface area contributed by atoms with E-state index in [-0.39, 0.29) is 25.2 Å². The summed E-state index contributed by atoms with van der Waals surface area (Å²) >= 11 is 0. The van der Waals surface area contributed by atoms with Crippen molar-refractivity contribution < 1.29 is 19.5 Å². The van der Waals surface area contributed by atoms with Crippen LogP contribution in [0.2, 0.25) is 0 Å². The monoisotopic (exact) mass is 313 g/mol. The molecule has 0 bridgehead atoms. The zero-order valence-electron chi connectivity index (χ0n) is 12.7. The van der Waals surface area contributed by atoms with E-state index in [2.05, 4.69) is 4.98 Å². The average Bonchev–Trinajstić information content (AvgIpc) is 2.81. The highest BCUT2D eigenvalue weighted by Crippen LogP contribution is 2.34. The highest BCUT2D eigenvalue weighted by molar-refractivity contribution is 5.77. The van der Waals surface area contributed by atoms with Crippen LogP contribution in [0.5, 0.6) is 0 Å². The van der Waals surface area contributed by atoms with E-state index in [4.69, 9.17) is 9.57 Å². The smallest absolute Gasteiger partial charge is 0.362 e. The fourth-order valence-electron chi connectivity index (χ4n) is 2.42. The lowest BCUT2D eigenvalue weighted by atomic mass is 10.0. The molecule has 122 valence electrons. The van der Waals surface area contributed by atoms with Crippen molar-refractivity contribution in [3.63, 3.8) is 0 Å². The molecule has 1 aliphatic heterocycles. The molecule has 1 aromatic rings. The van der Waals surface area contributed by atoms with Crippen LogP contribution in [0, 0.1) is 6.92 Å². The third-order valence-electron chi connectivity index (χ3n) is 3.64. The molecule has 2 atom stereocenters. The van der Waals surface area contributed by atoms with Crippen molar-refractivity contribution in [2.24, 2.45) is 0 Å². The number of hydrogen-bond acceptors (Lipinski definition) is 7. The van der Waals surface area contributed by atoms with Gasteiger partial charge in [-0.1, -0.05) is 0 Å². The van der Waals surface area contributed by atoms with Gasteiger partial charge in [-0.15, -0.1) is 0 Å². The summed E-state index contributed by atoms with van der Waals surface area (Å²) in [7, 11) is 1.55. The molecule has 2 N–H and O–H groups in total. The van der Waals surface area contributed by atoms with Gasteiger partial charge in [0, 0.05) is 25.2 Å². The number of aliphatic hydroxyl groups excluding tert-OH is 1. The Balaban J connectivity index is 2.61. The highest BCUT2D eigenvalue weighted by Gasteiger charge is 2.53. The molecular formula is C13H19N3O6. The summed E-state index contributed by atoms with van der Waals surface area (Å²) in [5, 5.41) is 10.7. The topological polar surface area (TPSA) is 114 Å². The van der Waals surface area contributed by atoms with Crippen molar-refractivity contribution in [1.29, 1.82) is 0 Å². The maximum atomic E-state index is 12.4. The van der Waals surface area contributed by atoms with Crippen LogP contribution in [-0.2, 0) is 20.1 Å². The number of carbonyl (C=O) groups is 1. The molecule has 2 heterocycles. The maximum Gasteiger partial charge on any atom is 0.362 e. The van der Waals surface area contributed by atoms with Crippen LogP contribution in [0.3, 0.4) is 0 Å². The Morgan fingerprint density at radius 1 is 1.59 bits per heavy atom. The molecule has 1 aromatic heterocycles. The number of aromatic amines is 1. The van der Waals surface area contributed by atoms with Crippen molar-refractivity contribution >= 4 is 5.97 Å². The molecule has 9 nitrogen and oxygen atoms in total. The lowest BCUT2D eigenvalue weighted by Gasteiger charge is -2.27. The van der Waals surface area contributed by atoms with Gasteiger partial charge in [0.25, 0.3) is 11.3 Å². The summed E-state index contributed by atoms with van der Waals surface area (Å²) in [6, 6.07) is -0.483. The van der Waals surface area contributed by atoms with E-state index in [0.717, 1.165) is 4.57 Å². The van der Waals surface area contributed by atoms with Crippen LogP contribution in [0.15, 0.2) is 15.8 Å². The van der Waals surface area contributed by atoms with Gasteiger partial charge < -0.3 is 9.84 Å². The predicted octanol–water partition coefficient (Wildman–Crippen LogP) is -1.31. The number of nitrogens with zero attached hydrogens (tertiary/aromatic N) is 2. The Morgan fingerprint density at radius 2 is 2.27 bits per heavy atom. The number of H-pyrrole nitrogens is 1. The van der Waals surface area contributed by atoms with E-state index >= 15 is 0 Å². The van der Waals surface area contributed by atoms with Gasteiger partial charge in [-0.3, -0.25) is 19.2 Å². The maximum absolute atomic E-state index is 12.4. The van der Waals surface area contributed by atoms with Crippen LogP contribution >= 0.6 is 0 Å². The highest BCUT2D eigenvalue weighted by atomic mass is 16.7. The van der Waals surface area contributed by atoms with E-state index in [0.29, 0.717) is 0 Å². The van der Waals surface area contributed by atoms with Crippen molar-refractivity contribution in [2.45, 2.75) is 32.0 Å². The lowest BCUT2D eigenvalue weighted by Crippen LogP contribution is -2.50. The van der Waals surface area contributed by atoms with Crippen molar-refractivity contribution in [3.05, 3.63) is 32.6 Å². The SMILES string of the molecule is CCOC(=O)[C@]1(n2cc(C)c(=O)[nH]c2=O)C[C@H](CO)N(C)O1. The third-order valence-corrected chi connectivity index (χ3v) is 3.64. The number of rotatable bonds is 4. The number of carbonyl (C=O) groups excluding carboxylic acids is 1. The molecule has 22 heavy (non-hydrogen) atoms. The summed E-state index contributed by atoms with van der Waals surface area (Å²) in [6.07, 6.45) is 1.27. The molecule has 9 heteroatoms. The van der Waals surface area contributed by atoms with Gasteiger partial charge in [0.1, 0.15) is 0 Å². The average molecular weight is 313 g/mol. The molecule has 2 rings (SSSR count). The lowest BCUT2D eigenvalue weighted by molar-refractivity contribution is -0.238. The van der Waals surface area contributed by atoms with E-state index in [1.165, 1.54) is 18.2 Å². The second-order valence-corrected chi connectivity index (χ2v) is 5.12. The quantitative estimate of drug-likeness (QED) is 0.663. The summed E-state index contributed by atoms with van der Waals surface area (Å²) in [6.45, 7) is 2.99. The first-order chi connectivity index (χ1) is 10.4. The van der Waals surface area contributed by atoms with Crippen LogP contribution < -0.4 is 11.2 Å². The summed E-state index contributed by atoms with van der Waals surface area (Å²) in [5.74, 6) is -0.758. The zero-order valence-corrected chi connectivity index (χ0v) is 12.7. The minimum atomic E-state index is -1.75. The second kappa shape index (κ2) is 6.03. The van der Waals surface area contributed by atoms with Gasteiger partial charge in [-0.25, -0.2) is 9.59 Å². The van der Waals surface area contributed by atoms with Crippen LogP contribution in [0.25, 0.3) is 0 Å². The third kappa shape index (κ3) is 2.58. The van der Waals surface area contributed by atoms with E-state index in [1.807, 2.05) is 0 Å². The molecule has 0 aliphatic carbocycles. The number of aromatic nitrogens is 2. The Bertz CT molecular complexity index is 681. The summed E-state index contributed by atoms with van der Waals surface area (Å²) in [4.78, 5) is 43.8. The van der Waals surface area contributed by atoms with Crippen LogP contribution in [0.1, 0.15) is 18.9 Å². The summed E-state index contributed by atoms with van der Waals surface area (Å²) in [5.41, 5.74) is -2.81. The largest absolute Gasteiger partial charge is 0.462 e. The van der Waals surface area contributed by atoms with Gasteiger partial charge in [-0.2, -0.15) is 5.06 Å². The van der Waals surface area contributed by atoms with Crippen molar-refractivity contribution in [3.8, 4) is 0 Å². The molecule has 0 aromatic carbocycles. The van der Waals surface area contributed by atoms with E-state index in [1.54, 1.807) is 14.0 Å². The Labute approximate surface area is 126 Å². The number of hydrogen-bond donors (Lipinski definition) is 2. The molecule has 1 aliphatic rings. The normalized spacial score (nSPS) is 25.4. The molecule has 0 radical (unpaired) electrons. The number of likely N-dealkylation sites (N-methyl/N-ethyl adjacent to an activating group) is 1. The van der Waals surface area contributed by atoms with E-state index in [9.17, 15) is 19.5 Å². The molecule has 0 spiro atoms. The first-order valence-corrected chi connectivity index (χ1v) is 6.88. The van der Waals surface area contributed by atoms with Crippen LogP contribution in [-0.4, -0.2) is 52.0 Å². The first kappa shape index (κ1) is 16.4. The number of nitrogens with one attached hydrogen (secondary N) is 1. The molecular weight excluding hydrogens is 294 g/mol. The number of aliphatic hydroxyl groups is 1. The van der Waals surface area contributed by atoms with Crippen molar-refractivity contribution in [2.75, 3.05) is 20.3 Å². The molecule has 0 amide bonds. The van der Waals surface area contributed by atoms with Gasteiger partial charge in [0.05, 0.1) is 19.3 Å². The van der Waals surface area contributed by atoms with E-state index < -0.39 is 29.0 Å². The van der Waals surface area contributed by atoms with Gasteiger partial charge in [0.15, 0.2) is 0 Å². The number of hydroxylamine groups is 2. The zero-order chi connectivity index (χ0) is 16.5. The minimum Gasteiger partial charge on any atom is -0.462 e. The number of ether oxygens (including phenoxy) is 1. The first-order valence-electron chi connectivity index (χ1n) is 6.88. The Kier molecular flexibility index (Phi) is 4.50. The van der Waals surface area contributed by atoms with Gasteiger partial charge >= 0.3 is 11.7 Å². The van der Waals surface area contributed by atoms with Crippen LogP contribution in [0.4, 0.5) is 0 Å². The fraction of sp³-hybridized carbons (Fsp3) is 0.615. The van der Waals surface area contributed by atoms with Gasteiger partial charge in [0.2, 0.25) is 0 Å². The summed E-state index contributed by atoms with van der Waals surface area (Å²) < 4.78 is 6.03. The number of esters is 1. The predicted molar refractivity (Wildman–Crippen MR) is 75.0 cm³/mol. The molecule has 1 fully saturated rings. The Morgan fingerprint density at radius 3 is 2.82 bits per heavy atom. The minimum absolute atomic E-state index is 0.0181. The molecule has 1 saturated heterocycles. The fourth-order valence-corrected chi connectivity index (χ4v) is 2.42. The molecule has 0 unspecified atom stereocenters. The second-order valence-electron chi connectivity index (χ2n) is 5.12. The van der Waals surface area contributed by atoms with Crippen molar-refractivity contribution in [1.82, 2.24) is 14.6 Å².